The van der Waals surface area contributed by atoms with E-state index in [1.54, 1.807) is 6.20 Å². The third-order valence-electron chi connectivity index (χ3n) is 3.29. The Morgan fingerprint density at radius 1 is 1.21 bits per heavy atom. The zero-order valence-electron chi connectivity index (χ0n) is 12.6. The molecule has 3 aromatic rings. The van der Waals surface area contributed by atoms with E-state index in [0.29, 0.717) is 10.7 Å². The molecule has 2 aromatic heterocycles. The lowest BCUT2D eigenvalue weighted by Crippen LogP contribution is -2.19. The minimum atomic E-state index is -3.52. The molecule has 2 heterocycles. The first-order valence-electron chi connectivity index (χ1n) is 6.94. The first kappa shape index (κ1) is 16.4. The fraction of sp³-hybridized carbons (Fsp3) is 0.0667. The molecule has 0 saturated heterocycles. The Kier molecular flexibility index (Phi) is 4.47. The number of benzene rings is 1. The van der Waals surface area contributed by atoms with Crippen LogP contribution in [0.2, 0.25) is 0 Å². The summed E-state index contributed by atoms with van der Waals surface area (Å²) < 4.78 is 25.6. The summed E-state index contributed by atoms with van der Waals surface area (Å²) in [6.07, 6.45) is 1.80. The summed E-state index contributed by atoms with van der Waals surface area (Å²) in [5.74, 6) is -0.351. The smallest absolute Gasteiger partial charge is 0.257 e. The second-order valence-electron chi connectivity index (χ2n) is 4.81. The second-order valence-corrected chi connectivity index (χ2v) is 7.55. The van der Waals surface area contributed by atoms with Gasteiger partial charge in [-0.05, 0) is 43.4 Å². The van der Waals surface area contributed by atoms with Gasteiger partial charge >= 0.3 is 0 Å². The lowest BCUT2D eigenvalue weighted by atomic mass is 10.2. The number of thiazole rings is 1. The van der Waals surface area contributed by atoms with Crippen LogP contribution in [0.1, 0.15) is 10.4 Å². The summed E-state index contributed by atoms with van der Waals surface area (Å²) in [5, 5.41) is 5.01. The summed E-state index contributed by atoms with van der Waals surface area (Å²) in [7, 11) is -2.18. The normalized spacial score (nSPS) is 11.4. The SMILES string of the molecule is CNS(=O)(=O)c1ccc(C(=O)Nc2nc(-c3ccc[nH]3)cs2)cc1. The minimum absolute atomic E-state index is 0.102. The third kappa shape index (κ3) is 3.37. The highest BCUT2D eigenvalue weighted by atomic mass is 32.2. The van der Waals surface area contributed by atoms with Crippen LogP contribution in [0.15, 0.2) is 52.9 Å². The van der Waals surface area contributed by atoms with Crippen LogP contribution in [-0.4, -0.2) is 31.3 Å². The lowest BCUT2D eigenvalue weighted by Gasteiger charge is -2.04. The number of amides is 1. The predicted molar refractivity (Wildman–Crippen MR) is 92.5 cm³/mol. The molecule has 0 aliphatic rings. The van der Waals surface area contributed by atoms with Gasteiger partial charge in [-0.25, -0.2) is 18.1 Å². The van der Waals surface area contributed by atoms with E-state index in [0.717, 1.165) is 11.4 Å². The van der Waals surface area contributed by atoms with Crippen LogP contribution in [0.3, 0.4) is 0 Å². The van der Waals surface area contributed by atoms with Gasteiger partial charge in [0.15, 0.2) is 5.13 Å². The van der Waals surface area contributed by atoms with Crippen molar-refractivity contribution < 1.29 is 13.2 Å². The summed E-state index contributed by atoms with van der Waals surface area (Å²) >= 11 is 1.31. The molecule has 1 amide bonds. The van der Waals surface area contributed by atoms with E-state index in [1.807, 2.05) is 17.5 Å². The molecule has 0 atom stereocenters. The monoisotopic (exact) mass is 362 g/mol. The zero-order valence-corrected chi connectivity index (χ0v) is 14.2. The predicted octanol–water partition coefficient (Wildman–Crippen LogP) is 2.30. The molecule has 9 heteroatoms. The standard InChI is InChI=1S/C15H14N4O3S2/c1-16-24(21,22)11-6-4-10(5-7-11)14(20)19-15-18-13(9-23-15)12-3-2-8-17-12/h2-9,16-17H,1H3,(H,18,19,20). The number of hydrogen-bond donors (Lipinski definition) is 3. The van der Waals surface area contributed by atoms with E-state index in [9.17, 15) is 13.2 Å². The Morgan fingerprint density at radius 3 is 2.58 bits per heavy atom. The minimum Gasteiger partial charge on any atom is -0.360 e. The summed E-state index contributed by atoms with van der Waals surface area (Å²) in [5.41, 5.74) is 1.96. The molecule has 3 N–H and O–H groups in total. The molecule has 1 aromatic carbocycles. The van der Waals surface area contributed by atoms with Crippen molar-refractivity contribution in [1.29, 1.82) is 0 Å². The largest absolute Gasteiger partial charge is 0.360 e. The van der Waals surface area contributed by atoms with Gasteiger partial charge in [0, 0.05) is 17.1 Å². The van der Waals surface area contributed by atoms with Crippen molar-refractivity contribution in [3.63, 3.8) is 0 Å². The number of carbonyl (C=O) groups is 1. The molecule has 0 saturated carbocycles. The number of hydrogen-bond acceptors (Lipinski definition) is 5. The van der Waals surface area contributed by atoms with Crippen molar-refractivity contribution in [2.45, 2.75) is 4.90 Å². The number of rotatable bonds is 5. The van der Waals surface area contributed by atoms with Crippen LogP contribution in [0.4, 0.5) is 5.13 Å². The van der Waals surface area contributed by atoms with E-state index in [2.05, 4.69) is 20.0 Å². The summed E-state index contributed by atoms with van der Waals surface area (Å²) in [6.45, 7) is 0. The summed E-state index contributed by atoms with van der Waals surface area (Å²) in [4.78, 5) is 19.7. The first-order chi connectivity index (χ1) is 11.5. The van der Waals surface area contributed by atoms with Gasteiger partial charge in [-0.2, -0.15) is 0 Å². The molecule has 0 aliphatic heterocycles. The van der Waals surface area contributed by atoms with Gasteiger partial charge in [-0.1, -0.05) is 0 Å². The highest BCUT2D eigenvalue weighted by Crippen LogP contribution is 2.24. The fourth-order valence-electron chi connectivity index (χ4n) is 2.02. The van der Waals surface area contributed by atoms with Crippen LogP contribution in [0.5, 0.6) is 0 Å². The molecule has 124 valence electrons. The van der Waals surface area contributed by atoms with E-state index in [-0.39, 0.29) is 10.8 Å². The molecule has 0 aliphatic carbocycles. The van der Waals surface area contributed by atoms with Crippen molar-refractivity contribution in [2.75, 3.05) is 12.4 Å². The number of carbonyl (C=O) groups excluding carboxylic acids is 1. The van der Waals surface area contributed by atoms with Crippen molar-refractivity contribution in [3.05, 3.63) is 53.5 Å². The third-order valence-corrected chi connectivity index (χ3v) is 5.48. The van der Waals surface area contributed by atoms with E-state index in [4.69, 9.17) is 0 Å². The Balaban J connectivity index is 1.73. The topological polar surface area (TPSA) is 104 Å². The van der Waals surface area contributed by atoms with E-state index >= 15 is 0 Å². The van der Waals surface area contributed by atoms with Crippen LogP contribution >= 0.6 is 11.3 Å². The second kappa shape index (κ2) is 6.56. The maximum atomic E-state index is 12.2. The number of anilines is 1. The van der Waals surface area contributed by atoms with Crippen molar-refractivity contribution in [1.82, 2.24) is 14.7 Å². The number of nitrogens with zero attached hydrogens (tertiary/aromatic N) is 1. The Morgan fingerprint density at radius 2 is 1.96 bits per heavy atom. The van der Waals surface area contributed by atoms with Gasteiger partial charge in [0.2, 0.25) is 10.0 Å². The van der Waals surface area contributed by atoms with Crippen LogP contribution in [0.25, 0.3) is 11.4 Å². The molecule has 0 bridgehead atoms. The molecule has 0 spiro atoms. The van der Waals surface area contributed by atoms with Gasteiger partial charge < -0.3 is 4.98 Å². The molecule has 0 unspecified atom stereocenters. The number of aromatic amines is 1. The van der Waals surface area contributed by atoms with Crippen molar-refractivity contribution >= 4 is 32.4 Å². The van der Waals surface area contributed by atoms with Gasteiger partial charge in [-0.3, -0.25) is 10.1 Å². The Bertz CT molecular complexity index is 945. The lowest BCUT2D eigenvalue weighted by molar-refractivity contribution is 0.102. The first-order valence-corrected chi connectivity index (χ1v) is 9.30. The van der Waals surface area contributed by atoms with Crippen LogP contribution in [0, 0.1) is 0 Å². The maximum absolute atomic E-state index is 12.2. The molecule has 0 radical (unpaired) electrons. The summed E-state index contributed by atoms with van der Waals surface area (Å²) in [6, 6.07) is 9.44. The molecular weight excluding hydrogens is 348 g/mol. The van der Waals surface area contributed by atoms with Gasteiger partial charge in [0.05, 0.1) is 16.3 Å². The quantitative estimate of drug-likeness (QED) is 0.648. The highest BCUT2D eigenvalue weighted by Gasteiger charge is 2.14. The van der Waals surface area contributed by atoms with Crippen LogP contribution in [-0.2, 0) is 10.0 Å². The van der Waals surface area contributed by atoms with Crippen molar-refractivity contribution in [3.8, 4) is 11.4 Å². The average Bonchev–Trinajstić information content (AvgIpc) is 3.26. The zero-order chi connectivity index (χ0) is 17.2. The number of sulfonamides is 1. The highest BCUT2D eigenvalue weighted by molar-refractivity contribution is 7.89. The molecule has 0 fully saturated rings. The van der Waals surface area contributed by atoms with Gasteiger partial charge in [0.1, 0.15) is 0 Å². The van der Waals surface area contributed by atoms with Crippen LogP contribution < -0.4 is 10.0 Å². The van der Waals surface area contributed by atoms with Crippen molar-refractivity contribution in [2.24, 2.45) is 0 Å². The molecule has 3 rings (SSSR count). The number of nitrogens with one attached hydrogen (secondary N) is 3. The molecular formula is C15H14N4O3S2. The van der Waals surface area contributed by atoms with Gasteiger partial charge in [0.25, 0.3) is 5.91 Å². The Hall–Kier alpha value is -2.49. The van der Waals surface area contributed by atoms with Gasteiger partial charge in [-0.15, -0.1) is 11.3 Å². The van der Waals surface area contributed by atoms with E-state index in [1.165, 1.54) is 42.6 Å². The number of aromatic nitrogens is 2. The van der Waals surface area contributed by atoms with E-state index < -0.39 is 10.0 Å². The molecule has 7 nitrogen and oxygen atoms in total. The Labute approximate surface area is 142 Å². The number of H-pyrrole nitrogens is 1. The average molecular weight is 362 g/mol. The molecule has 24 heavy (non-hydrogen) atoms. The fourth-order valence-corrected chi connectivity index (χ4v) is 3.45. The maximum Gasteiger partial charge on any atom is 0.257 e.